The molecule has 1 aromatic heterocycles. The van der Waals surface area contributed by atoms with Crippen molar-refractivity contribution in [3.8, 4) is 0 Å². The molecule has 0 aliphatic carbocycles. The molecule has 0 radical (unpaired) electrons. The molecule has 0 saturated carbocycles. The number of carbonyl (C=O) groups excluding carboxylic acids is 1. The SMILES string of the molecule is Cc1cccc2nc(SCc3ccc(C(=O)N4CCN(CCO)CC4)cc3)n(C)c(=O)c12.Cl. The van der Waals surface area contributed by atoms with E-state index in [2.05, 4.69) is 9.88 Å². The maximum absolute atomic E-state index is 12.8. The molecule has 1 aliphatic rings. The molecular formula is C24H29ClN4O3S. The zero-order valence-corrected chi connectivity index (χ0v) is 20.5. The Bertz CT molecular complexity index is 1170. The standard InChI is InChI=1S/C24H28N4O3S.ClH/c1-17-4-3-5-20-21(17)23(31)26(2)24(25-20)32-16-18-6-8-19(9-7-18)22(30)28-12-10-27(11-13-28)14-15-29;/h3-9,29H,10-16H2,1-2H3;1H. The first-order valence-electron chi connectivity index (χ1n) is 10.8. The number of aliphatic hydroxyl groups excluding tert-OH is 1. The number of halogens is 1. The number of aromatic nitrogens is 2. The fraction of sp³-hybridized carbons (Fsp3) is 0.375. The topological polar surface area (TPSA) is 78.7 Å². The first kappa shape index (κ1) is 25.2. The maximum Gasteiger partial charge on any atom is 0.262 e. The normalized spacial score (nSPS) is 14.3. The van der Waals surface area contributed by atoms with Crippen LogP contribution in [0.3, 0.4) is 0 Å². The van der Waals surface area contributed by atoms with Crippen molar-refractivity contribution in [2.75, 3.05) is 39.3 Å². The average molecular weight is 489 g/mol. The van der Waals surface area contributed by atoms with Gasteiger partial charge in [0.25, 0.3) is 11.5 Å². The van der Waals surface area contributed by atoms with E-state index in [1.807, 2.05) is 54.3 Å². The van der Waals surface area contributed by atoms with Crippen LogP contribution in [0.4, 0.5) is 0 Å². The van der Waals surface area contributed by atoms with E-state index in [0.29, 0.717) is 41.5 Å². The third-order valence-electron chi connectivity index (χ3n) is 5.92. The van der Waals surface area contributed by atoms with Crippen molar-refractivity contribution >= 4 is 41.0 Å². The van der Waals surface area contributed by atoms with Crippen molar-refractivity contribution in [3.05, 3.63) is 69.5 Å². The van der Waals surface area contributed by atoms with E-state index < -0.39 is 0 Å². The van der Waals surface area contributed by atoms with E-state index in [4.69, 9.17) is 5.11 Å². The van der Waals surface area contributed by atoms with Crippen molar-refractivity contribution in [1.82, 2.24) is 19.4 Å². The molecule has 9 heteroatoms. The number of rotatable bonds is 6. The Balaban J connectivity index is 0.00000306. The molecule has 1 fully saturated rings. The summed E-state index contributed by atoms with van der Waals surface area (Å²) in [5, 5.41) is 10.4. The van der Waals surface area contributed by atoms with Gasteiger partial charge in [-0.1, -0.05) is 36.0 Å². The van der Waals surface area contributed by atoms with Gasteiger partial charge >= 0.3 is 0 Å². The van der Waals surface area contributed by atoms with Gasteiger partial charge in [-0.15, -0.1) is 12.4 Å². The molecule has 1 aliphatic heterocycles. The van der Waals surface area contributed by atoms with E-state index in [-0.39, 0.29) is 30.5 Å². The van der Waals surface area contributed by atoms with E-state index in [0.717, 1.165) is 29.7 Å². The van der Waals surface area contributed by atoms with E-state index >= 15 is 0 Å². The molecule has 0 atom stereocenters. The Morgan fingerprint density at radius 3 is 2.45 bits per heavy atom. The van der Waals surface area contributed by atoms with Crippen molar-refractivity contribution < 1.29 is 9.90 Å². The number of hydrogen-bond acceptors (Lipinski definition) is 6. The minimum Gasteiger partial charge on any atom is -0.395 e. The van der Waals surface area contributed by atoms with Crippen LogP contribution in [0, 0.1) is 6.92 Å². The monoisotopic (exact) mass is 488 g/mol. The minimum absolute atomic E-state index is 0. The largest absolute Gasteiger partial charge is 0.395 e. The summed E-state index contributed by atoms with van der Waals surface area (Å²) in [6, 6.07) is 13.4. The highest BCUT2D eigenvalue weighted by Gasteiger charge is 2.21. The van der Waals surface area contributed by atoms with Crippen molar-refractivity contribution in [2.24, 2.45) is 7.05 Å². The molecule has 3 aromatic rings. The number of hydrogen-bond donors (Lipinski definition) is 1. The highest BCUT2D eigenvalue weighted by molar-refractivity contribution is 7.98. The number of thioether (sulfide) groups is 1. The first-order valence-corrected chi connectivity index (χ1v) is 11.8. The van der Waals surface area contributed by atoms with Gasteiger partial charge in [-0.05, 0) is 36.2 Å². The number of nitrogens with zero attached hydrogens (tertiary/aromatic N) is 4. The van der Waals surface area contributed by atoms with Gasteiger partial charge in [-0.25, -0.2) is 4.98 Å². The second-order valence-corrected chi connectivity index (χ2v) is 9.01. The van der Waals surface area contributed by atoms with Gasteiger partial charge in [0.15, 0.2) is 5.16 Å². The van der Waals surface area contributed by atoms with Gasteiger partial charge in [-0.2, -0.15) is 0 Å². The molecule has 1 N–H and O–H groups in total. The highest BCUT2D eigenvalue weighted by atomic mass is 35.5. The van der Waals surface area contributed by atoms with Crippen LogP contribution in [0.2, 0.25) is 0 Å². The Labute approximate surface area is 203 Å². The summed E-state index contributed by atoms with van der Waals surface area (Å²) in [7, 11) is 1.76. The summed E-state index contributed by atoms with van der Waals surface area (Å²) in [5.41, 5.74) is 3.37. The number of aliphatic hydroxyl groups is 1. The molecule has 0 spiro atoms. The molecule has 176 valence electrons. The van der Waals surface area contributed by atoms with Gasteiger partial charge in [0.05, 0.1) is 17.5 Å². The second kappa shape index (κ2) is 11.2. The quantitative estimate of drug-likeness (QED) is 0.424. The van der Waals surface area contributed by atoms with Gasteiger partial charge in [0.2, 0.25) is 0 Å². The van der Waals surface area contributed by atoms with Crippen molar-refractivity contribution in [2.45, 2.75) is 17.8 Å². The van der Waals surface area contributed by atoms with Gasteiger partial charge in [-0.3, -0.25) is 19.1 Å². The van der Waals surface area contributed by atoms with Crippen LogP contribution < -0.4 is 5.56 Å². The van der Waals surface area contributed by atoms with E-state index in [1.165, 1.54) is 11.8 Å². The lowest BCUT2D eigenvalue weighted by Gasteiger charge is -2.34. The number of benzene rings is 2. The molecular weight excluding hydrogens is 460 g/mol. The van der Waals surface area contributed by atoms with Crippen LogP contribution in [0.5, 0.6) is 0 Å². The number of carbonyl (C=O) groups is 1. The molecule has 2 aromatic carbocycles. The van der Waals surface area contributed by atoms with Crippen LogP contribution in [0.1, 0.15) is 21.5 Å². The maximum atomic E-state index is 12.8. The summed E-state index contributed by atoms with van der Waals surface area (Å²) < 4.78 is 1.61. The van der Waals surface area contributed by atoms with Crippen molar-refractivity contribution in [1.29, 1.82) is 0 Å². The number of aryl methyl sites for hydroxylation is 1. The summed E-state index contributed by atoms with van der Waals surface area (Å²) >= 11 is 1.51. The zero-order chi connectivity index (χ0) is 22.7. The molecule has 1 amide bonds. The van der Waals surface area contributed by atoms with Crippen LogP contribution in [-0.4, -0.2) is 69.7 Å². The molecule has 4 rings (SSSR count). The van der Waals surface area contributed by atoms with Gasteiger partial charge in [0, 0.05) is 51.1 Å². The molecule has 33 heavy (non-hydrogen) atoms. The number of fused-ring (bicyclic) bond motifs is 1. The first-order chi connectivity index (χ1) is 15.5. The molecule has 0 bridgehead atoms. The minimum atomic E-state index is -0.0318. The predicted octanol–water partition coefficient (Wildman–Crippen LogP) is 2.71. The van der Waals surface area contributed by atoms with Crippen molar-refractivity contribution in [3.63, 3.8) is 0 Å². The number of piperazine rings is 1. The molecule has 0 unspecified atom stereocenters. The lowest BCUT2D eigenvalue weighted by atomic mass is 10.1. The summed E-state index contributed by atoms with van der Waals surface area (Å²) in [5.74, 6) is 0.702. The summed E-state index contributed by atoms with van der Waals surface area (Å²) in [6.07, 6.45) is 0. The third kappa shape index (κ3) is 5.58. The molecule has 1 saturated heterocycles. The average Bonchev–Trinajstić information content (AvgIpc) is 2.81. The van der Waals surface area contributed by atoms with E-state index in [9.17, 15) is 9.59 Å². The summed E-state index contributed by atoms with van der Waals surface area (Å²) in [4.78, 5) is 34.3. The van der Waals surface area contributed by atoms with Crippen LogP contribution in [-0.2, 0) is 12.8 Å². The Morgan fingerprint density at radius 1 is 1.09 bits per heavy atom. The van der Waals surface area contributed by atoms with Crippen LogP contribution in [0.25, 0.3) is 10.9 Å². The Kier molecular flexibility index (Phi) is 8.53. The Morgan fingerprint density at radius 2 is 1.79 bits per heavy atom. The lowest BCUT2D eigenvalue weighted by Crippen LogP contribution is -2.49. The fourth-order valence-electron chi connectivity index (χ4n) is 3.98. The Hall–Kier alpha value is -2.39. The van der Waals surface area contributed by atoms with E-state index in [1.54, 1.807) is 11.6 Å². The smallest absolute Gasteiger partial charge is 0.262 e. The highest BCUT2D eigenvalue weighted by Crippen LogP contribution is 2.23. The molecule has 7 nitrogen and oxygen atoms in total. The summed E-state index contributed by atoms with van der Waals surface area (Å²) in [6.45, 7) is 5.67. The zero-order valence-electron chi connectivity index (χ0n) is 18.9. The third-order valence-corrected chi connectivity index (χ3v) is 7.02. The van der Waals surface area contributed by atoms with Crippen LogP contribution >= 0.6 is 24.2 Å². The fourth-order valence-corrected chi connectivity index (χ4v) is 4.90. The number of β-amino-alcohol motifs (C(OH)–C–C–N with tert-alkyl or cyclic N) is 1. The second-order valence-electron chi connectivity index (χ2n) is 8.07. The molecule has 2 heterocycles. The van der Waals surface area contributed by atoms with Crippen LogP contribution in [0.15, 0.2) is 52.4 Å². The van der Waals surface area contributed by atoms with Gasteiger partial charge in [0.1, 0.15) is 0 Å². The number of amides is 1. The lowest BCUT2D eigenvalue weighted by molar-refractivity contribution is 0.0615. The predicted molar refractivity (Wildman–Crippen MR) is 134 cm³/mol. The van der Waals surface area contributed by atoms with Gasteiger partial charge < -0.3 is 10.0 Å².